The van der Waals surface area contributed by atoms with E-state index >= 15 is 0 Å². The quantitative estimate of drug-likeness (QED) is 0.731. The van der Waals surface area contributed by atoms with Gasteiger partial charge < -0.3 is 5.11 Å². The van der Waals surface area contributed by atoms with Crippen LogP contribution >= 0.6 is 0 Å². The molecule has 3 aliphatic carbocycles. The zero-order valence-electron chi connectivity index (χ0n) is 12.6. The Balaban J connectivity index is 1.74. The summed E-state index contributed by atoms with van der Waals surface area (Å²) in [7, 11) is 0. The standard InChI is InChI=1S/C19H22O2/c1-11-9-17-16-5-3-12-10-13(20)4-6-14(12)15(16)7-8-19(17,2)18(11)21/h4,6,10,15-17,20H,1,3,5,7-9H2,2H3/t15?,16?,17?,19-/m0/s1. The number of fused-ring (bicyclic) bond motifs is 5. The molecule has 4 atom stereocenters. The van der Waals surface area contributed by atoms with Crippen molar-refractivity contribution in [2.45, 2.75) is 44.9 Å². The summed E-state index contributed by atoms with van der Waals surface area (Å²) in [6.07, 6.45) is 5.13. The number of benzene rings is 1. The van der Waals surface area contributed by atoms with E-state index in [1.807, 2.05) is 12.1 Å². The smallest absolute Gasteiger partial charge is 0.164 e. The van der Waals surface area contributed by atoms with Gasteiger partial charge in [0, 0.05) is 5.41 Å². The average molecular weight is 282 g/mol. The fourth-order valence-electron chi connectivity index (χ4n) is 5.31. The van der Waals surface area contributed by atoms with Crippen molar-refractivity contribution < 1.29 is 9.90 Å². The summed E-state index contributed by atoms with van der Waals surface area (Å²) < 4.78 is 0. The number of ketones is 1. The molecule has 21 heavy (non-hydrogen) atoms. The molecule has 1 N–H and O–H groups in total. The van der Waals surface area contributed by atoms with Gasteiger partial charge in [-0.3, -0.25) is 4.79 Å². The first-order chi connectivity index (χ1) is 10.0. The lowest BCUT2D eigenvalue weighted by Crippen LogP contribution is -2.42. The monoisotopic (exact) mass is 282 g/mol. The number of rotatable bonds is 0. The van der Waals surface area contributed by atoms with Crippen LogP contribution in [0.5, 0.6) is 5.75 Å². The SMILES string of the molecule is C=C1CC2C3CCc4cc(O)ccc4C3CC[C@]2(C)C1=O. The number of phenols is 1. The van der Waals surface area contributed by atoms with Crippen molar-refractivity contribution >= 4 is 5.78 Å². The summed E-state index contributed by atoms with van der Waals surface area (Å²) in [4.78, 5) is 12.5. The molecule has 3 aliphatic rings. The number of hydrogen-bond acceptors (Lipinski definition) is 2. The van der Waals surface area contributed by atoms with Crippen molar-refractivity contribution in [3.63, 3.8) is 0 Å². The van der Waals surface area contributed by atoms with E-state index < -0.39 is 0 Å². The first-order valence-electron chi connectivity index (χ1n) is 8.05. The maximum atomic E-state index is 12.5. The molecule has 3 unspecified atom stereocenters. The number of allylic oxidation sites excluding steroid dienone is 1. The van der Waals surface area contributed by atoms with Crippen LogP contribution < -0.4 is 0 Å². The van der Waals surface area contributed by atoms with E-state index in [-0.39, 0.29) is 5.41 Å². The predicted molar refractivity (Wildman–Crippen MR) is 82.3 cm³/mol. The van der Waals surface area contributed by atoms with E-state index in [2.05, 4.69) is 19.6 Å². The van der Waals surface area contributed by atoms with Gasteiger partial charge in [0.05, 0.1) is 0 Å². The lowest BCUT2D eigenvalue weighted by atomic mass is 9.55. The average Bonchev–Trinajstić information content (AvgIpc) is 2.70. The van der Waals surface area contributed by atoms with E-state index in [0.29, 0.717) is 29.3 Å². The van der Waals surface area contributed by atoms with Crippen LogP contribution in [0.25, 0.3) is 0 Å². The molecule has 1 aromatic rings. The molecule has 4 rings (SSSR count). The van der Waals surface area contributed by atoms with Gasteiger partial charge in [-0.1, -0.05) is 19.6 Å². The van der Waals surface area contributed by atoms with Crippen molar-refractivity contribution in [1.82, 2.24) is 0 Å². The summed E-state index contributed by atoms with van der Waals surface area (Å²) in [5.41, 5.74) is 3.41. The third-order valence-corrected chi connectivity index (χ3v) is 6.41. The van der Waals surface area contributed by atoms with Crippen LogP contribution in [-0.4, -0.2) is 10.9 Å². The minimum atomic E-state index is -0.160. The van der Waals surface area contributed by atoms with E-state index in [0.717, 1.165) is 37.7 Å². The third kappa shape index (κ3) is 1.68. The lowest BCUT2D eigenvalue weighted by molar-refractivity contribution is -0.127. The zero-order valence-corrected chi connectivity index (χ0v) is 12.6. The van der Waals surface area contributed by atoms with Crippen molar-refractivity contribution in [3.05, 3.63) is 41.5 Å². The molecule has 110 valence electrons. The highest BCUT2D eigenvalue weighted by Gasteiger charge is 2.55. The fourth-order valence-corrected chi connectivity index (χ4v) is 5.31. The fraction of sp³-hybridized carbons (Fsp3) is 0.526. The Hall–Kier alpha value is -1.57. The predicted octanol–water partition coefficient (Wildman–Crippen LogP) is 3.98. The Bertz CT molecular complexity index is 645. The zero-order chi connectivity index (χ0) is 14.8. The van der Waals surface area contributed by atoms with Gasteiger partial charge in [-0.25, -0.2) is 0 Å². The van der Waals surface area contributed by atoms with Gasteiger partial charge in [0.15, 0.2) is 5.78 Å². The van der Waals surface area contributed by atoms with Gasteiger partial charge in [0.1, 0.15) is 5.75 Å². The molecule has 0 amide bonds. The Kier molecular flexibility index (Phi) is 2.64. The van der Waals surface area contributed by atoms with Gasteiger partial charge in [-0.15, -0.1) is 0 Å². The van der Waals surface area contributed by atoms with Crippen LogP contribution in [0.3, 0.4) is 0 Å². The van der Waals surface area contributed by atoms with Crippen LogP contribution in [0.4, 0.5) is 0 Å². The molecular formula is C19H22O2. The van der Waals surface area contributed by atoms with Gasteiger partial charge in [0.2, 0.25) is 0 Å². The molecule has 2 heteroatoms. The second-order valence-corrected chi connectivity index (χ2v) is 7.39. The highest BCUT2D eigenvalue weighted by atomic mass is 16.3. The van der Waals surface area contributed by atoms with E-state index in [4.69, 9.17) is 0 Å². The maximum absolute atomic E-state index is 12.5. The van der Waals surface area contributed by atoms with Crippen LogP contribution in [0.2, 0.25) is 0 Å². The number of carbonyl (C=O) groups excluding carboxylic acids is 1. The second kappa shape index (κ2) is 4.22. The van der Waals surface area contributed by atoms with Gasteiger partial charge in [0.25, 0.3) is 0 Å². The Labute approximate surface area is 125 Å². The molecule has 0 heterocycles. The molecule has 0 aromatic heterocycles. The first-order valence-corrected chi connectivity index (χ1v) is 8.05. The number of aromatic hydroxyl groups is 1. The molecule has 2 nitrogen and oxygen atoms in total. The van der Waals surface area contributed by atoms with Crippen molar-refractivity contribution in [1.29, 1.82) is 0 Å². The molecule has 2 fully saturated rings. The van der Waals surface area contributed by atoms with Crippen LogP contribution in [-0.2, 0) is 11.2 Å². The Morgan fingerprint density at radius 1 is 1.33 bits per heavy atom. The normalized spacial score (nSPS) is 37.9. The molecule has 0 saturated heterocycles. The number of hydrogen-bond donors (Lipinski definition) is 1. The van der Waals surface area contributed by atoms with Gasteiger partial charge in [-0.2, -0.15) is 0 Å². The highest BCUT2D eigenvalue weighted by molar-refractivity contribution is 6.02. The van der Waals surface area contributed by atoms with Crippen molar-refractivity contribution in [2.75, 3.05) is 0 Å². The Morgan fingerprint density at radius 3 is 2.95 bits per heavy atom. The summed E-state index contributed by atoms with van der Waals surface area (Å²) in [5.74, 6) is 2.33. The minimum Gasteiger partial charge on any atom is -0.508 e. The molecule has 0 radical (unpaired) electrons. The minimum absolute atomic E-state index is 0.160. The molecule has 0 aliphatic heterocycles. The second-order valence-electron chi connectivity index (χ2n) is 7.39. The van der Waals surface area contributed by atoms with Crippen LogP contribution in [0.1, 0.15) is 49.7 Å². The summed E-state index contributed by atoms with van der Waals surface area (Å²) >= 11 is 0. The molecule has 1 aromatic carbocycles. The molecular weight excluding hydrogens is 260 g/mol. The van der Waals surface area contributed by atoms with Crippen molar-refractivity contribution in [3.8, 4) is 5.75 Å². The van der Waals surface area contributed by atoms with Gasteiger partial charge >= 0.3 is 0 Å². The molecule has 2 saturated carbocycles. The van der Waals surface area contributed by atoms with Gasteiger partial charge in [-0.05, 0) is 78.7 Å². The van der Waals surface area contributed by atoms with E-state index in [1.165, 1.54) is 11.1 Å². The lowest BCUT2D eigenvalue weighted by Gasteiger charge is -2.48. The first kappa shape index (κ1) is 13.1. The third-order valence-electron chi connectivity index (χ3n) is 6.41. The van der Waals surface area contributed by atoms with E-state index in [9.17, 15) is 9.90 Å². The Morgan fingerprint density at radius 2 is 2.14 bits per heavy atom. The van der Waals surface area contributed by atoms with Crippen LogP contribution in [0.15, 0.2) is 30.4 Å². The van der Waals surface area contributed by atoms with Crippen LogP contribution in [0, 0.1) is 17.3 Å². The molecule has 0 spiro atoms. The maximum Gasteiger partial charge on any atom is 0.164 e. The largest absolute Gasteiger partial charge is 0.508 e. The number of aryl methyl sites for hydroxylation is 1. The van der Waals surface area contributed by atoms with Crippen molar-refractivity contribution in [2.24, 2.45) is 17.3 Å². The number of Topliss-reactive ketones (excluding diaryl/α,β-unsaturated/α-hetero) is 1. The summed E-state index contributed by atoms with van der Waals surface area (Å²) in [5, 5.41) is 9.69. The summed E-state index contributed by atoms with van der Waals surface area (Å²) in [6, 6.07) is 5.85. The topological polar surface area (TPSA) is 37.3 Å². The highest BCUT2D eigenvalue weighted by Crippen LogP contribution is 2.60. The molecule has 0 bridgehead atoms. The summed E-state index contributed by atoms with van der Waals surface area (Å²) in [6.45, 7) is 6.18. The van der Waals surface area contributed by atoms with E-state index in [1.54, 1.807) is 0 Å². The number of phenolic OH excluding ortho intramolecular Hbond substituents is 1. The number of carbonyl (C=O) groups is 1.